The Balaban J connectivity index is 0. The molecule has 1 amide bonds. The van der Waals surface area contributed by atoms with Gasteiger partial charge in [-0.3, -0.25) is 4.79 Å². The number of carboxylic acid groups (broad SMARTS) is 1. The van der Waals surface area contributed by atoms with Gasteiger partial charge in [-0.2, -0.15) is 0 Å². The van der Waals surface area contributed by atoms with Crippen LogP contribution in [0, 0.1) is 0 Å². The van der Waals surface area contributed by atoms with E-state index in [9.17, 15) is 9.59 Å². The average molecular weight is 177 g/mol. The summed E-state index contributed by atoms with van der Waals surface area (Å²) in [7, 11) is 0. The van der Waals surface area contributed by atoms with Gasteiger partial charge in [-0.25, -0.2) is 4.79 Å². The van der Waals surface area contributed by atoms with Crippen LogP contribution in [-0.2, 0) is 9.59 Å². The molecule has 2 N–H and O–H groups in total. The zero-order valence-corrected chi connectivity index (χ0v) is 4.76. The van der Waals surface area contributed by atoms with Crippen molar-refractivity contribution in [3.63, 3.8) is 0 Å². The Morgan fingerprint density at radius 2 is 2.09 bits per heavy atom. The molecule has 1 fully saturated rings. The van der Waals surface area contributed by atoms with Gasteiger partial charge in [0.25, 0.3) is 0 Å². The van der Waals surface area contributed by atoms with E-state index in [0.29, 0.717) is 12.8 Å². The monoisotopic (exact) mass is 177 g/mol. The SMILES string of the molecule is O=C1CC[C@@H](C(=O)O)N1.[NaH].[NaH]. The minimum absolute atomic E-state index is 0. The summed E-state index contributed by atoms with van der Waals surface area (Å²) in [6.07, 6.45) is 0.769. The number of carboxylic acids is 1. The van der Waals surface area contributed by atoms with Crippen molar-refractivity contribution >= 4 is 71.0 Å². The first-order valence-electron chi connectivity index (χ1n) is 2.72. The van der Waals surface area contributed by atoms with E-state index in [1.807, 2.05) is 0 Å². The van der Waals surface area contributed by atoms with Crippen LogP contribution in [0.25, 0.3) is 0 Å². The summed E-state index contributed by atoms with van der Waals surface area (Å²) in [5.41, 5.74) is 0. The maximum absolute atomic E-state index is 10.4. The molecule has 0 aromatic heterocycles. The fourth-order valence-electron chi connectivity index (χ4n) is 0.799. The second-order valence-corrected chi connectivity index (χ2v) is 2.00. The Hall–Kier alpha value is 0.940. The zero-order valence-electron chi connectivity index (χ0n) is 4.76. The van der Waals surface area contributed by atoms with Gasteiger partial charge in [-0.05, 0) is 6.42 Å². The average Bonchev–Trinajstić information content (AvgIpc) is 2.14. The van der Waals surface area contributed by atoms with Crippen LogP contribution in [0.4, 0.5) is 0 Å². The van der Waals surface area contributed by atoms with Crippen molar-refractivity contribution < 1.29 is 14.7 Å². The Bertz CT molecular complexity index is 162. The van der Waals surface area contributed by atoms with E-state index in [1.54, 1.807) is 0 Å². The van der Waals surface area contributed by atoms with Crippen molar-refractivity contribution in [3.8, 4) is 0 Å². The molecule has 0 aromatic rings. The molecule has 1 aliphatic rings. The minimum atomic E-state index is -0.944. The van der Waals surface area contributed by atoms with Gasteiger partial charge in [0, 0.05) is 6.42 Å². The van der Waals surface area contributed by atoms with Crippen molar-refractivity contribution in [3.05, 3.63) is 0 Å². The molecular weight excluding hydrogens is 168 g/mol. The van der Waals surface area contributed by atoms with E-state index in [4.69, 9.17) is 5.11 Å². The fourth-order valence-corrected chi connectivity index (χ4v) is 0.799. The van der Waals surface area contributed by atoms with E-state index in [1.165, 1.54) is 0 Å². The summed E-state index contributed by atoms with van der Waals surface area (Å²) in [5, 5.41) is 10.6. The van der Waals surface area contributed by atoms with Crippen molar-refractivity contribution in [2.45, 2.75) is 18.9 Å². The topological polar surface area (TPSA) is 66.4 Å². The molecule has 0 spiro atoms. The number of amides is 1. The second kappa shape index (κ2) is 6.46. The van der Waals surface area contributed by atoms with Gasteiger partial charge >= 0.3 is 65.1 Å². The van der Waals surface area contributed by atoms with Gasteiger partial charge in [0.05, 0.1) is 0 Å². The number of hydrogen-bond acceptors (Lipinski definition) is 2. The van der Waals surface area contributed by atoms with Gasteiger partial charge in [-0.15, -0.1) is 0 Å². The van der Waals surface area contributed by atoms with Crippen LogP contribution in [0.2, 0.25) is 0 Å². The fraction of sp³-hybridized carbons (Fsp3) is 0.600. The van der Waals surface area contributed by atoms with Crippen LogP contribution >= 0.6 is 0 Å². The number of aliphatic carboxylic acids is 1. The standard InChI is InChI=1S/C5H7NO3.2Na.2H/c7-4-2-1-3(6-4)5(8)9;;;;/h3H,1-2H2,(H,6,7)(H,8,9);;;;/t3-;;;;/m0..../s1. The first-order valence-corrected chi connectivity index (χ1v) is 2.72. The first-order chi connectivity index (χ1) is 4.20. The van der Waals surface area contributed by atoms with Gasteiger partial charge in [0.15, 0.2) is 0 Å². The number of carbonyl (C=O) groups is 2. The molecule has 0 aromatic carbocycles. The van der Waals surface area contributed by atoms with Gasteiger partial charge in [-0.1, -0.05) is 0 Å². The number of nitrogens with one attached hydrogen (secondary N) is 1. The van der Waals surface area contributed by atoms with E-state index in [0.717, 1.165) is 0 Å². The third kappa shape index (κ3) is 4.50. The predicted molar refractivity (Wildman–Crippen MR) is 43.1 cm³/mol. The maximum atomic E-state index is 10.4. The zero-order chi connectivity index (χ0) is 6.85. The molecule has 54 valence electrons. The number of rotatable bonds is 1. The van der Waals surface area contributed by atoms with Crippen molar-refractivity contribution in [2.75, 3.05) is 0 Å². The van der Waals surface area contributed by atoms with Crippen LogP contribution in [0.15, 0.2) is 0 Å². The summed E-state index contributed by atoms with van der Waals surface area (Å²) in [6, 6.07) is -0.641. The predicted octanol–water partition coefficient (Wildman–Crippen LogP) is -1.95. The molecule has 11 heavy (non-hydrogen) atoms. The first kappa shape index (κ1) is 14.5. The Labute approximate surface area is 109 Å². The van der Waals surface area contributed by atoms with E-state index < -0.39 is 12.0 Å². The third-order valence-corrected chi connectivity index (χ3v) is 1.29. The van der Waals surface area contributed by atoms with E-state index >= 15 is 0 Å². The molecule has 0 aliphatic carbocycles. The van der Waals surface area contributed by atoms with Crippen LogP contribution in [-0.4, -0.2) is 82.1 Å². The summed E-state index contributed by atoms with van der Waals surface area (Å²) < 4.78 is 0. The summed E-state index contributed by atoms with van der Waals surface area (Å²) in [5.74, 6) is -1.11. The van der Waals surface area contributed by atoms with Crippen LogP contribution in [0.5, 0.6) is 0 Å². The Morgan fingerprint density at radius 1 is 1.55 bits per heavy atom. The summed E-state index contributed by atoms with van der Waals surface area (Å²) in [4.78, 5) is 20.5. The molecule has 0 radical (unpaired) electrons. The van der Waals surface area contributed by atoms with E-state index in [-0.39, 0.29) is 65.0 Å². The van der Waals surface area contributed by atoms with Crippen molar-refractivity contribution in [1.29, 1.82) is 0 Å². The van der Waals surface area contributed by atoms with E-state index in [2.05, 4.69) is 5.32 Å². The van der Waals surface area contributed by atoms with Crippen molar-refractivity contribution in [1.82, 2.24) is 5.32 Å². The Kier molecular flexibility index (Phi) is 8.49. The normalized spacial score (nSPS) is 21.1. The van der Waals surface area contributed by atoms with Crippen LogP contribution in [0.3, 0.4) is 0 Å². The van der Waals surface area contributed by atoms with Gasteiger partial charge in [0.1, 0.15) is 6.04 Å². The van der Waals surface area contributed by atoms with Crippen LogP contribution in [0.1, 0.15) is 12.8 Å². The molecule has 0 unspecified atom stereocenters. The number of carbonyl (C=O) groups excluding carboxylic acids is 1. The summed E-state index contributed by atoms with van der Waals surface area (Å²) >= 11 is 0. The molecule has 1 heterocycles. The molecule has 1 rings (SSSR count). The van der Waals surface area contributed by atoms with Crippen molar-refractivity contribution in [2.24, 2.45) is 0 Å². The van der Waals surface area contributed by atoms with Crippen LogP contribution < -0.4 is 5.32 Å². The quantitative estimate of drug-likeness (QED) is 0.457. The Morgan fingerprint density at radius 3 is 2.27 bits per heavy atom. The molecule has 4 nitrogen and oxygen atoms in total. The molecule has 1 atom stereocenters. The number of hydrogen-bond donors (Lipinski definition) is 2. The molecule has 0 saturated carbocycles. The second-order valence-electron chi connectivity index (χ2n) is 2.00. The molecule has 1 saturated heterocycles. The van der Waals surface area contributed by atoms with Gasteiger partial charge in [0.2, 0.25) is 5.91 Å². The molecule has 1 aliphatic heterocycles. The van der Waals surface area contributed by atoms with Gasteiger partial charge < -0.3 is 10.4 Å². The third-order valence-electron chi connectivity index (χ3n) is 1.29. The summed E-state index contributed by atoms with van der Waals surface area (Å²) in [6.45, 7) is 0. The molecular formula is C5H9NNa2O3. The molecule has 6 heteroatoms. The molecule has 0 bridgehead atoms.